The van der Waals surface area contributed by atoms with Crippen molar-refractivity contribution in [3.05, 3.63) is 111 Å². The Labute approximate surface area is 367 Å². The summed E-state index contributed by atoms with van der Waals surface area (Å²) in [6.45, 7) is 8.98. The van der Waals surface area contributed by atoms with Crippen LogP contribution in [0.2, 0.25) is 0 Å². The number of carbonyl (C=O) groups is 5. The fourth-order valence-corrected chi connectivity index (χ4v) is 9.40. The Morgan fingerprint density at radius 2 is 1.60 bits per heavy atom. The second-order valence-corrected chi connectivity index (χ2v) is 19.0. The number of nitrogens with zero attached hydrogens (tertiary/aromatic N) is 2. The average Bonchev–Trinajstić information content (AvgIpc) is 3.56. The number of rotatable bonds is 18. The minimum atomic E-state index is -4.49. The first kappa shape index (κ1) is 48.3. The average molecular weight is 892 g/mol. The molecule has 0 aliphatic carbocycles. The van der Waals surface area contributed by atoms with Gasteiger partial charge in [-0.1, -0.05) is 55.3 Å². The highest BCUT2D eigenvalue weighted by Crippen LogP contribution is 2.43. The zero-order valence-electron chi connectivity index (χ0n) is 36.3. The topological polar surface area (TPSA) is 244 Å². The molecule has 63 heavy (non-hydrogen) atoms. The third-order valence-corrected chi connectivity index (χ3v) is 12.8. The fraction of sp³-hybridized carbons (Fsp3) is 0.444. The van der Waals surface area contributed by atoms with Gasteiger partial charge in [0.15, 0.2) is 6.10 Å². The number of nitrogens with one attached hydrogen (secondary N) is 3. The Balaban J connectivity index is 1.52. The number of hydrogen-bond donors (Lipinski definition) is 6. The van der Waals surface area contributed by atoms with Gasteiger partial charge in [-0.25, -0.2) is 27.6 Å². The highest BCUT2D eigenvalue weighted by atomic mass is 32.2. The summed E-state index contributed by atoms with van der Waals surface area (Å²) in [5.41, 5.74) is 11.5. The molecule has 3 aromatic rings. The molecule has 0 bridgehead atoms. The van der Waals surface area contributed by atoms with E-state index in [1.165, 1.54) is 48.5 Å². The van der Waals surface area contributed by atoms with E-state index in [0.717, 1.165) is 10.6 Å². The summed E-state index contributed by atoms with van der Waals surface area (Å²) in [4.78, 5) is 66.8. The van der Waals surface area contributed by atoms with Crippen molar-refractivity contribution < 1.29 is 46.6 Å². The van der Waals surface area contributed by atoms with E-state index < -0.39 is 80.4 Å². The molecule has 4 atom stereocenters. The number of hydrazine groups is 1. The molecule has 0 radical (unpaired) electrons. The number of carbonyl (C=O) groups excluding carboxylic acids is 5. The van der Waals surface area contributed by atoms with Crippen molar-refractivity contribution >= 4 is 39.6 Å². The number of nitrogens with two attached hydrogens (primary N) is 2. The number of alkyl carbamates (subject to hydrolysis) is 1. The van der Waals surface area contributed by atoms with E-state index in [1.54, 1.807) is 57.0 Å². The molecule has 2 aliphatic heterocycles. The van der Waals surface area contributed by atoms with Gasteiger partial charge in [-0.2, -0.15) is 0 Å². The van der Waals surface area contributed by atoms with E-state index in [-0.39, 0.29) is 67.1 Å². The summed E-state index contributed by atoms with van der Waals surface area (Å²) in [7, 11) is -4.49. The van der Waals surface area contributed by atoms with Gasteiger partial charge in [0.1, 0.15) is 22.7 Å². The molecular formula is C45H58FN7O9S. The second-order valence-electron chi connectivity index (χ2n) is 17.1. The van der Waals surface area contributed by atoms with Crippen molar-refractivity contribution in [2.75, 3.05) is 13.1 Å². The zero-order valence-corrected chi connectivity index (χ0v) is 37.1. The monoisotopic (exact) mass is 891 g/mol. The number of halogens is 1. The molecule has 16 nitrogen and oxygen atoms in total. The number of benzene rings is 3. The number of hydrogen-bond acceptors (Lipinski definition) is 11. The largest absolute Gasteiger partial charge is 0.444 e. The van der Waals surface area contributed by atoms with Gasteiger partial charge in [-0.3, -0.25) is 19.2 Å². The normalized spacial score (nSPS) is 19.0. The number of sulfone groups is 1. The van der Waals surface area contributed by atoms with Crippen LogP contribution >= 0.6 is 0 Å². The lowest BCUT2D eigenvalue weighted by atomic mass is 9.85. The van der Waals surface area contributed by atoms with E-state index in [0.29, 0.717) is 24.0 Å². The quantitative estimate of drug-likeness (QED) is 0.101. The Bertz CT molecular complexity index is 2300. The number of aliphatic hydroxyl groups is 1. The van der Waals surface area contributed by atoms with Crippen molar-refractivity contribution in [1.29, 1.82) is 0 Å². The summed E-state index contributed by atoms with van der Waals surface area (Å²) in [6, 6.07) is 15.4. The van der Waals surface area contributed by atoms with Crippen molar-refractivity contribution in [2.24, 2.45) is 11.5 Å². The van der Waals surface area contributed by atoms with Gasteiger partial charge >= 0.3 is 6.09 Å². The van der Waals surface area contributed by atoms with Gasteiger partial charge in [-0.15, -0.1) is 0 Å². The summed E-state index contributed by atoms with van der Waals surface area (Å²) in [6.07, 6.45) is -1.23. The van der Waals surface area contributed by atoms with Gasteiger partial charge in [0.05, 0.1) is 21.9 Å². The third-order valence-electron chi connectivity index (χ3n) is 10.9. The molecule has 5 rings (SSSR count). The SMILES string of the molecule is CCCC1C(S(=O)(=O)c2ccc(C)cc2)=C(C(=O)N[C@@H](CCCCNC(=O)OC(C)(C)C)C(O)C(=O)NCc2ccc(C(N)=O)cc2)N2C(=O)C(N)(Cc3ccc(F)cc3)CCN12. The van der Waals surface area contributed by atoms with E-state index in [2.05, 4.69) is 16.0 Å². The number of aryl methyl sites for hydroxylation is 1. The molecule has 1 saturated heterocycles. The zero-order chi connectivity index (χ0) is 46.3. The van der Waals surface area contributed by atoms with Crippen molar-refractivity contribution in [2.45, 2.75) is 120 Å². The molecule has 0 spiro atoms. The number of primary amides is 1. The van der Waals surface area contributed by atoms with Crippen LogP contribution in [0.25, 0.3) is 0 Å². The number of ether oxygens (including phenoxy) is 1. The highest BCUT2D eigenvalue weighted by molar-refractivity contribution is 7.95. The maximum atomic E-state index is 15.0. The number of unbranched alkanes of at least 4 members (excludes halogenated alkanes) is 1. The molecule has 0 saturated carbocycles. The predicted octanol–water partition coefficient (Wildman–Crippen LogP) is 3.65. The van der Waals surface area contributed by atoms with Crippen LogP contribution < -0.4 is 27.4 Å². The first-order valence-electron chi connectivity index (χ1n) is 21.0. The Kier molecular flexibility index (Phi) is 15.5. The summed E-state index contributed by atoms with van der Waals surface area (Å²) < 4.78 is 48.8. The van der Waals surface area contributed by atoms with E-state index in [9.17, 15) is 41.9 Å². The van der Waals surface area contributed by atoms with Crippen LogP contribution in [0.4, 0.5) is 9.18 Å². The fourth-order valence-electron chi connectivity index (χ4n) is 7.62. The van der Waals surface area contributed by atoms with Gasteiger partial charge in [-0.05, 0) is 114 Å². The van der Waals surface area contributed by atoms with Gasteiger partial charge in [0.2, 0.25) is 15.7 Å². The minimum absolute atomic E-state index is 0.0294. The van der Waals surface area contributed by atoms with Gasteiger partial charge < -0.3 is 37.3 Å². The minimum Gasteiger partial charge on any atom is -0.444 e. The Hall–Kier alpha value is -5.69. The standard InChI is InChI=1S/C45H58FN7O9S/c1-6-9-35-38(63(60,61)33-21-11-28(2)12-22-33)36(53-42(58)45(48,23-25-52(35)53)26-29-15-19-32(46)20-16-29)40(56)51-34(10-7-8-24-49-43(59)62-44(3,4)5)37(54)41(57)50-27-30-13-17-31(18-14-30)39(47)55/h11-22,34-35,37,54H,6-10,23-27,48H2,1-5H3,(H2,47,55)(H,49,59)(H,50,57)(H,51,56)/t34-,35?,37?,45?/m0/s1. The maximum absolute atomic E-state index is 15.0. The lowest BCUT2D eigenvalue weighted by Gasteiger charge is -2.45. The van der Waals surface area contributed by atoms with Crippen molar-refractivity contribution in [3.8, 4) is 0 Å². The summed E-state index contributed by atoms with van der Waals surface area (Å²) >= 11 is 0. The van der Waals surface area contributed by atoms with Crippen LogP contribution in [-0.4, -0.2) is 95.7 Å². The van der Waals surface area contributed by atoms with Gasteiger partial charge in [0.25, 0.3) is 17.7 Å². The smallest absolute Gasteiger partial charge is 0.407 e. The van der Waals surface area contributed by atoms with E-state index >= 15 is 0 Å². The maximum Gasteiger partial charge on any atom is 0.407 e. The third kappa shape index (κ3) is 11.9. The van der Waals surface area contributed by atoms with Gasteiger partial charge in [0, 0.05) is 25.2 Å². The lowest BCUT2D eigenvalue weighted by molar-refractivity contribution is -0.160. The second kappa shape index (κ2) is 20.2. The van der Waals surface area contributed by atoms with Crippen molar-refractivity contribution in [1.82, 2.24) is 26.0 Å². The van der Waals surface area contributed by atoms with Crippen LogP contribution in [0.5, 0.6) is 0 Å². The van der Waals surface area contributed by atoms with Crippen LogP contribution in [-0.2, 0) is 41.9 Å². The van der Waals surface area contributed by atoms with Crippen LogP contribution in [0.3, 0.4) is 0 Å². The molecular weight excluding hydrogens is 834 g/mol. The molecule has 8 N–H and O–H groups in total. The number of fused-ring (bicyclic) bond motifs is 1. The van der Waals surface area contributed by atoms with Crippen molar-refractivity contribution in [3.63, 3.8) is 0 Å². The van der Waals surface area contributed by atoms with E-state index in [1.807, 2.05) is 6.92 Å². The lowest BCUT2D eigenvalue weighted by Crippen LogP contribution is -2.66. The van der Waals surface area contributed by atoms with Crippen LogP contribution in [0, 0.1) is 12.7 Å². The van der Waals surface area contributed by atoms with Crippen LogP contribution in [0.15, 0.2) is 88.3 Å². The molecule has 5 amide bonds. The number of amides is 5. The first-order valence-corrected chi connectivity index (χ1v) is 22.5. The first-order chi connectivity index (χ1) is 29.6. The molecule has 18 heteroatoms. The molecule has 2 heterocycles. The summed E-state index contributed by atoms with van der Waals surface area (Å²) in [5.74, 6) is -3.80. The molecule has 3 aromatic carbocycles. The predicted molar refractivity (Wildman–Crippen MR) is 232 cm³/mol. The molecule has 3 unspecified atom stereocenters. The Morgan fingerprint density at radius 1 is 0.968 bits per heavy atom. The summed E-state index contributed by atoms with van der Waals surface area (Å²) in [5, 5.41) is 22.2. The Morgan fingerprint density at radius 3 is 2.21 bits per heavy atom. The molecule has 2 aliphatic rings. The van der Waals surface area contributed by atoms with E-state index in [4.69, 9.17) is 16.2 Å². The molecule has 340 valence electrons. The van der Waals surface area contributed by atoms with Crippen LogP contribution in [0.1, 0.15) is 93.3 Å². The number of aliphatic hydroxyl groups excluding tert-OH is 1. The molecule has 1 fully saturated rings. The highest BCUT2D eigenvalue weighted by Gasteiger charge is 2.56. The molecule has 0 aromatic heterocycles.